The Morgan fingerprint density at radius 1 is 0.923 bits per heavy atom. The fourth-order valence-electron chi connectivity index (χ4n) is 2.06. The van der Waals surface area contributed by atoms with Crippen LogP contribution in [0.2, 0.25) is 0 Å². The Hall–Kier alpha value is -3.29. The summed E-state index contributed by atoms with van der Waals surface area (Å²) in [5, 5.41) is 2.76. The summed E-state index contributed by atoms with van der Waals surface area (Å²) in [7, 11) is 2.28. The summed E-state index contributed by atoms with van der Waals surface area (Å²) in [5.74, 6) is -2.62. The number of nitrogens with one attached hydrogen (secondary N) is 1. The molecule has 0 bridgehead atoms. The Kier molecular flexibility index (Phi) is 6.37. The molecular weight excluding hydrogens is 346 g/mol. The number of hydrogen-bond acceptors (Lipinski definition) is 6. The van der Waals surface area contributed by atoms with Crippen LogP contribution in [0.5, 0.6) is 0 Å². The fourth-order valence-corrected chi connectivity index (χ4v) is 2.06. The van der Waals surface area contributed by atoms with Crippen LogP contribution in [0.4, 0.5) is 20.2 Å². The van der Waals surface area contributed by atoms with Gasteiger partial charge in [-0.3, -0.25) is 0 Å². The number of anilines is 1. The van der Waals surface area contributed by atoms with Crippen molar-refractivity contribution in [2.24, 2.45) is 4.99 Å². The van der Waals surface area contributed by atoms with E-state index in [9.17, 15) is 18.4 Å². The number of ether oxygens (including phenoxy) is 2. The Morgan fingerprint density at radius 3 is 1.96 bits per heavy atom. The number of carbonyl (C=O) groups excluding carboxylic acids is 2. The summed E-state index contributed by atoms with van der Waals surface area (Å²) >= 11 is 0. The second kappa shape index (κ2) is 8.70. The van der Waals surface area contributed by atoms with Crippen LogP contribution in [-0.2, 0) is 19.1 Å². The Labute approximate surface area is 148 Å². The molecule has 2 aromatic rings. The molecule has 0 radical (unpaired) electrons. The zero-order valence-corrected chi connectivity index (χ0v) is 14.0. The molecule has 0 spiro atoms. The van der Waals surface area contributed by atoms with Crippen molar-refractivity contribution in [1.29, 1.82) is 0 Å². The molecule has 6 nitrogen and oxygen atoms in total. The van der Waals surface area contributed by atoms with Crippen molar-refractivity contribution in [2.45, 2.75) is 6.04 Å². The molecule has 0 aliphatic carbocycles. The van der Waals surface area contributed by atoms with Gasteiger partial charge in [-0.15, -0.1) is 0 Å². The summed E-state index contributed by atoms with van der Waals surface area (Å²) in [6, 6.07) is 8.83. The van der Waals surface area contributed by atoms with Gasteiger partial charge in [-0.25, -0.2) is 23.4 Å². The normalized spacial score (nSPS) is 12.2. The van der Waals surface area contributed by atoms with Crippen LogP contribution in [0.15, 0.2) is 53.5 Å². The molecular formula is C18H16F2N2O4. The first kappa shape index (κ1) is 19.0. The second-order valence-electron chi connectivity index (χ2n) is 5.07. The topological polar surface area (TPSA) is 77.0 Å². The summed E-state index contributed by atoms with van der Waals surface area (Å²) in [4.78, 5) is 28.4. The van der Waals surface area contributed by atoms with Gasteiger partial charge in [0.2, 0.25) is 0 Å². The molecule has 0 saturated carbocycles. The van der Waals surface area contributed by atoms with Gasteiger partial charge in [-0.05, 0) is 48.5 Å². The summed E-state index contributed by atoms with van der Waals surface area (Å²) in [5.41, 5.74) is 0.300. The van der Waals surface area contributed by atoms with Crippen LogP contribution >= 0.6 is 0 Å². The van der Waals surface area contributed by atoms with Gasteiger partial charge < -0.3 is 14.8 Å². The van der Waals surface area contributed by atoms with Crippen molar-refractivity contribution in [3.05, 3.63) is 60.2 Å². The Balaban J connectivity index is 2.44. The highest BCUT2D eigenvalue weighted by molar-refractivity contribution is 6.43. The average Bonchev–Trinajstić information content (AvgIpc) is 2.66. The van der Waals surface area contributed by atoms with Crippen LogP contribution in [-0.4, -0.2) is 37.9 Å². The van der Waals surface area contributed by atoms with Crippen molar-refractivity contribution >= 4 is 29.0 Å². The highest BCUT2D eigenvalue weighted by Crippen LogP contribution is 2.17. The minimum atomic E-state index is -1.32. The van der Waals surface area contributed by atoms with Gasteiger partial charge in [0.25, 0.3) is 0 Å². The van der Waals surface area contributed by atoms with E-state index in [0.717, 1.165) is 26.4 Å². The molecule has 2 aromatic carbocycles. The van der Waals surface area contributed by atoms with Crippen molar-refractivity contribution in [3.8, 4) is 0 Å². The van der Waals surface area contributed by atoms with E-state index in [0.29, 0.717) is 5.69 Å². The maximum atomic E-state index is 13.1. The number of nitrogens with zero attached hydrogens (tertiary/aromatic N) is 1. The van der Waals surface area contributed by atoms with E-state index < -0.39 is 29.6 Å². The predicted molar refractivity (Wildman–Crippen MR) is 91.3 cm³/mol. The Morgan fingerprint density at radius 2 is 1.46 bits per heavy atom. The first-order chi connectivity index (χ1) is 12.4. The SMILES string of the molecule is COC(=O)C(=Nc1ccc(F)cc1)C(Nc1ccc(F)cc1)C(=O)OC. The van der Waals surface area contributed by atoms with Gasteiger partial charge in [0, 0.05) is 5.69 Å². The molecule has 0 heterocycles. The molecule has 0 aromatic heterocycles. The molecule has 1 atom stereocenters. The van der Waals surface area contributed by atoms with Crippen molar-refractivity contribution in [1.82, 2.24) is 0 Å². The van der Waals surface area contributed by atoms with Gasteiger partial charge in [-0.2, -0.15) is 0 Å². The average molecular weight is 362 g/mol. The maximum absolute atomic E-state index is 13.1. The van der Waals surface area contributed by atoms with Crippen LogP contribution in [0, 0.1) is 11.6 Å². The third-order valence-electron chi connectivity index (χ3n) is 3.34. The number of carbonyl (C=O) groups is 2. The lowest BCUT2D eigenvalue weighted by atomic mass is 10.1. The van der Waals surface area contributed by atoms with E-state index in [2.05, 4.69) is 15.0 Å². The molecule has 136 valence electrons. The van der Waals surface area contributed by atoms with Gasteiger partial charge in [0.05, 0.1) is 19.9 Å². The molecule has 1 N–H and O–H groups in total. The molecule has 8 heteroatoms. The lowest BCUT2D eigenvalue weighted by Crippen LogP contribution is -2.43. The van der Waals surface area contributed by atoms with Gasteiger partial charge in [-0.1, -0.05) is 0 Å². The van der Waals surface area contributed by atoms with E-state index in [-0.39, 0.29) is 11.4 Å². The molecule has 0 amide bonds. The fraction of sp³-hybridized carbons (Fsp3) is 0.167. The largest absolute Gasteiger partial charge is 0.467 e. The zero-order chi connectivity index (χ0) is 19.1. The standard InChI is InChI=1S/C18H16F2N2O4/c1-25-17(23)15(21-13-7-3-11(19)4-8-13)16(18(24)26-2)22-14-9-5-12(20)6-10-14/h3-10,15,21H,1-2H3. The summed E-state index contributed by atoms with van der Waals surface area (Å²) in [6.45, 7) is 0. The first-order valence-electron chi connectivity index (χ1n) is 7.47. The molecule has 26 heavy (non-hydrogen) atoms. The number of esters is 2. The Bertz CT molecular complexity index is 805. The molecule has 0 saturated heterocycles. The smallest absolute Gasteiger partial charge is 0.355 e. The van der Waals surface area contributed by atoms with E-state index in [4.69, 9.17) is 4.74 Å². The van der Waals surface area contributed by atoms with Crippen molar-refractivity contribution in [2.75, 3.05) is 19.5 Å². The van der Waals surface area contributed by atoms with E-state index in [1.54, 1.807) is 0 Å². The third kappa shape index (κ3) is 4.85. The maximum Gasteiger partial charge on any atom is 0.355 e. The third-order valence-corrected chi connectivity index (χ3v) is 3.34. The van der Waals surface area contributed by atoms with Crippen LogP contribution < -0.4 is 5.32 Å². The number of aliphatic imine (C=N–C) groups is 1. The molecule has 2 rings (SSSR count). The van der Waals surface area contributed by atoms with Crippen LogP contribution in [0.1, 0.15) is 0 Å². The summed E-state index contributed by atoms with van der Waals surface area (Å²) in [6.07, 6.45) is 0. The highest BCUT2D eigenvalue weighted by atomic mass is 19.1. The van der Waals surface area contributed by atoms with Gasteiger partial charge in [0.1, 0.15) is 11.6 Å². The number of halogens is 2. The quantitative estimate of drug-likeness (QED) is 0.632. The van der Waals surface area contributed by atoms with Crippen molar-refractivity contribution < 1.29 is 27.8 Å². The number of hydrogen-bond donors (Lipinski definition) is 1. The van der Waals surface area contributed by atoms with E-state index in [1.807, 2.05) is 0 Å². The van der Waals surface area contributed by atoms with E-state index in [1.165, 1.54) is 36.4 Å². The second-order valence-corrected chi connectivity index (χ2v) is 5.07. The molecule has 0 fully saturated rings. The van der Waals surface area contributed by atoms with Gasteiger partial charge >= 0.3 is 11.9 Å². The lowest BCUT2D eigenvalue weighted by Gasteiger charge is -2.18. The molecule has 1 unspecified atom stereocenters. The minimum Gasteiger partial charge on any atom is -0.467 e. The zero-order valence-electron chi connectivity index (χ0n) is 14.0. The monoisotopic (exact) mass is 362 g/mol. The van der Waals surface area contributed by atoms with Crippen molar-refractivity contribution in [3.63, 3.8) is 0 Å². The number of methoxy groups -OCH3 is 2. The highest BCUT2D eigenvalue weighted by Gasteiger charge is 2.31. The minimum absolute atomic E-state index is 0.238. The number of rotatable bonds is 6. The summed E-state index contributed by atoms with van der Waals surface area (Å²) < 4.78 is 35.5. The van der Waals surface area contributed by atoms with E-state index >= 15 is 0 Å². The van der Waals surface area contributed by atoms with Gasteiger partial charge in [0.15, 0.2) is 11.8 Å². The van der Waals surface area contributed by atoms with Crippen LogP contribution in [0.25, 0.3) is 0 Å². The predicted octanol–water partition coefficient (Wildman–Crippen LogP) is 2.86. The first-order valence-corrected chi connectivity index (χ1v) is 7.47. The van der Waals surface area contributed by atoms with Crippen LogP contribution in [0.3, 0.4) is 0 Å². The number of benzene rings is 2. The molecule has 0 aliphatic rings. The lowest BCUT2D eigenvalue weighted by molar-refractivity contribution is -0.141. The molecule has 0 aliphatic heterocycles.